The Morgan fingerprint density at radius 3 is 1.85 bits per heavy atom. The maximum Gasteiger partial charge on any atom is 0.423 e. The van der Waals surface area contributed by atoms with Gasteiger partial charge >= 0.3 is 18.2 Å². The van der Waals surface area contributed by atoms with Gasteiger partial charge in [0.25, 0.3) is 5.79 Å². The molecular weight excluding hydrogens is 611 g/mol. The zero-order chi connectivity index (χ0) is 30.4. The average Bonchev–Trinajstić information content (AvgIpc) is 2.81. The van der Waals surface area contributed by atoms with Gasteiger partial charge in [0, 0.05) is 17.4 Å². The summed E-state index contributed by atoms with van der Waals surface area (Å²) in [4.78, 5) is 39.3. The Bertz CT molecular complexity index is 1260. The van der Waals surface area contributed by atoms with E-state index in [0.717, 1.165) is 0 Å². The number of rotatable bonds is 9. The summed E-state index contributed by atoms with van der Waals surface area (Å²) < 4.78 is 60.8. The molecule has 0 bridgehead atoms. The molecule has 1 N–H and O–H groups in total. The lowest BCUT2D eigenvalue weighted by atomic mass is 10.1. The van der Waals surface area contributed by atoms with Crippen molar-refractivity contribution < 1.29 is 41.4 Å². The van der Waals surface area contributed by atoms with Gasteiger partial charge in [0.05, 0.1) is 4.90 Å². The first kappa shape index (κ1) is 33.2. The second-order valence-corrected chi connectivity index (χ2v) is 13.4. The number of imide groups is 1. The molecule has 0 radical (unpaired) electrons. The van der Waals surface area contributed by atoms with E-state index in [9.17, 15) is 22.8 Å². The van der Waals surface area contributed by atoms with Crippen LogP contribution in [0.3, 0.4) is 0 Å². The number of nitrogens with zero attached hydrogens (tertiary/aromatic N) is 1. The highest BCUT2D eigenvalue weighted by molar-refractivity contribution is 9.10. The van der Waals surface area contributed by atoms with E-state index in [4.69, 9.17) is 14.2 Å². The number of benzene rings is 2. The normalized spacial score (nSPS) is 13.6. The molecule has 0 aliphatic heterocycles. The van der Waals surface area contributed by atoms with Gasteiger partial charge in [-0.15, -0.1) is 0 Å². The van der Waals surface area contributed by atoms with Gasteiger partial charge in [-0.05, 0) is 71.4 Å². The van der Waals surface area contributed by atoms with Crippen molar-refractivity contribution in [1.29, 1.82) is 0 Å². The Morgan fingerprint density at radius 1 is 0.875 bits per heavy atom. The van der Waals surface area contributed by atoms with Gasteiger partial charge in [0.1, 0.15) is 17.8 Å². The fraction of sp³-hybridized carbons (Fsp3) is 0.444. The molecule has 1 atom stereocenters. The summed E-state index contributed by atoms with van der Waals surface area (Å²) in [6.45, 7) is 7.83. The van der Waals surface area contributed by atoms with Crippen LogP contribution in [0.1, 0.15) is 53.5 Å². The number of ether oxygens (including phenoxy) is 3. The fourth-order valence-electron chi connectivity index (χ4n) is 3.17. The van der Waals surface area contributed by atoms with Crippen LogP contribution in [0.15, 0.2) is 64.0 Å². The van der Waals surface area contributed by atoms with Crippen LogP contribution in [-0.2, 0) is 35.6 Å². The van der Waals surface area contributed by atoms with E-state index in [2.05, 4.69) is 20.7 Å². The molecule has 0 spiro atoms. The Balaban J connectivity index is 2.45. The van der Waals surface area contributed by atoms with Crippen molar-refractivity contribution in [3.8, 4) is 0 Å². The quantitative estimate of drug-likeness (QED) is 0.209. The second kappa shape index (κ2) is 13.1. The Labute approximate surface area is 242 Å². The summed E-state index contributed by atoms with van der Waals surface area (Å²) in [6.07, 6.45) is -4.04. The van der Waals surface area contributed by atoms with Gasteiger partial charge in [0.15, 0.2) is 0 Å². The topological polar surface area (TPSA) is 128 Å². The number of esters is 1. The van der Waals surface area contributed by atoms with Gasteiger partial charge < -0.3 is 14.2 Å². The molecule has 10 nitrogen and oxygen atoms in total. The van der Waals surface area contributed by atoms with E-state index in [1.807, 2.05) is 0 Å². The third-order valence-electron chi connectivity index (χ3n) is 4.90. The van der Waals surface area contributed by atoms with E-state index < -0.39 is 58.1 Å². The third kappa shape index (κ3) is 9.86. The minimum absolute atomic E-state index is 0.106. The van der Waals surface area contributed by atoms with Gasteiger partial charge in [-0.3, -0.25) is 0 Å². The van der Waals surface area contributed by atoms with E-state index >= 15 is 4.39 Å². The molecule has 0 aliphatic rings. The molecule has 0 aromatic heterocycles. The molecular formula is C27H34BrFN2O8S. The largest absolute Gasteiger partial charge is 0.457 e. The van der Waals surface area contributed by atoms with Crippen molar-refractivity contribution in [3.63, 3.8) is 0 Å². The van der Waals surface area contributed by atoms with Crippen molar-refractivity contribution in [2.24, 2.45) is 0 Å². The predicted molar refractivity (Wildman–Crippen MR) is 148 cm³/mol. The minimum Gasteiger partial charge on any atom is -0.457 e. The van der Waals surface area contributed by atoms with Crippen molar-refractivity contribution in [2.75, 3.05) is 6.54 Å². The maximum absolute atomic E-state index is 16.8. The highest BCUT2D eigenvalue weighted by atomic mass is 79.9. The smallest absolute Gasteiger partial charge is 0.423 e. The molecule has 0 saturated carbocycles. The molecule has 0 saturated heterocycles. The van der Waals surface area contributed by atoms with Crippen LogP contribution in [0.25, 0.3) is 0 Å². The molecule has 40 heavy (non-hydrogen) atoms. The Kier molecular flexibility index (Phi) is 10.9. The number of nitrogens with one attached hydrogen (secondary N) is 1. The average molecular weight is 646 g/mol. The number of alkyl halides is 1. The highest BCUT2D eigenvalue weighted by Gasteiger charge is 2.55. The Morgan fingerprint density at radius 2 is 1.38 bits per heavy atom. The van der Waals surface area contributed by atoms with Crippen LogP contribution in [-0.4, -0.2) is 55.0 Å². The number of hydrogen-bond donors (Lipinski definition) is 1. The SMILES string of the molecule is CC(C)(C)OC(=O)N(C(=O)OC(C)(C)C)C(F)(CCNS(=O)(=O)c1ccc(Br)cc1)C(=O)OCc1ccccc1. The summed E-state index contributed by atoms with van der Waals surface area (Å²) in [5, 5.41) is 0. The summed E-state index contributed by atoms with van der Waals surface area (Å²) >= 11 is 3.21. The zero-order valence-corrected chi connectivity index (χ0v) is 25.6. The Hall–Kier alpha value is -3.03. The zero-order valence-electron chi connectivity index (χ0n) is 23.2. The van der Waals surface area contributed by atoms with Crippen LogP contribution in [0, 0.1) is 0 Å². The van der Waals surface area contributed by atoms with Crippen LogP contribution in [0.2, 0.25) is 0 Å². The molecule has 220 valence electrons. The number of amides is 2. The van der Waals surface area contributed by atoms with E-state index in [1.54, 1.807) is 30.3 Å². The third-order valence-corrected chi connectivity index (χ3v) is 6.91. The first-order chi connectivity index (χ1) is 18.3. The number of halogens is 2. The number of carbonyl (C=O) groups excluding carboxylic acids is 3. The maximum atomic E-state index is 16.8. The number of sulfonamides is 1. The highest BCUT2D eigenvalue weighted by Crippen LogP contribution is 2.29. The van der Waals surface area contributed by atoms with Crippen molar-refractivity contribution in [3.05, 3.63) is 64.6 Å². The van der Waals surface area contributed by atoms with Crippen LogP contribution in [0.5, 0.6) is 0 Å². The molecule has 0 heterocycles. The van der Waals surface area contributed by atoms with E-state index in [0.29, 0.717) is 10.0 Å². The van der Waals surface area contributed by atoms with Gasteiger partial charge in [-0.1, -0.05) is 46.3 Å². The molecule has 13 heteroatoms. The first-order valence-corrected chi connectivity index (χ1v) is 14.5. The van der Waals surface area contributed by atoms with Gasteiger partial charge in [-0.25, -0.2) is 31.9 Å². The van der Waals surface area contributed by atoms with Crippen LogP contribution in [0.4, 0.5) is 14.0 Å². The van der Waals surface area contributed by atoms with Crippen LogP contribution < -0.4 is 4.72 Å². The standard InChI is InChI=1S/C27H34BrFN2O8S/c1-25(2,3)38-23(33)31(24(34)39-26(4,5)6)27(29,22(32)37-18-19-10-8-7-9-11-19)16-17-30-40(35,36)21-14-12-20(28)13-15-21/h7-15,30H,16-18H2,1-6H3. The van der Waals surface area contributed by atoms with Crippen molar-refractivity contribution >= 4 is 44.1 Å². The first-order valence-electron chi connectivity index (χ1n) is 12.3. The number of hydrogen-bond acceptors (Lipinski definition) is 8. The summed E-state index contributed by atoms with van der Waals surface area (Å²) in [5.41, 5.74) is -1.86. The van der Waals surface area contributed by atoms with Gasteiger partial charge in [0.2, 0.25) is 10.0 Å². The molecule has 0 aliphatic carbocycles. The molecule has 2 aromatic rings. The molecule has 2 amide bonds. The van der Waals surface area contributed by atoms with Crippen molar-refractivity contribution in [2.45, 2.75) is 76.5 Å². The van der Waals surface area contributed by atoms with Crippen LogP contribution >= 0.6 is 15.9 Å². The summed E-state index contributed by atoms with van der Waals surface area (Å²) in [6, 6.07) is 14.0. The molecule has 1 unspecified atom stereocenters. The second-order valence-electron chi connectivity index (χ2n) is 10.7. The van der Waals surface area contributed by atoms with Crippen molar-refractivity contribution in [1.82, 2.24) is 9.62 Å². The molecule has 2 rings (SSSR count). The number of carbonyl (C=O) groups is 3. The van der Waals surface area contributed by atoms with E-state index in [-0.39, 0.29) is 16.4 Å². The lowest BCUT2D eigenvalue weighted by Crippen LogP contribution is -2.60. The lowest BCUT2D eigenvalue weighted by molar-refractivity contribution is -0.173. The minimum atomic E-state index is -4.14. The van der Waals surface area contributed by atoms with Gasteiger partial charge in [-0.2, -0.15) is 4.90 Å². The fourth-order valence-corrected chi connectivity index (χ4v) is 4.46. The lowest BCUT2D eigenvalue weighted by Gasteiger charge is -2.35. The monoisotopic (exact) mass is 644 g/mol. The molecule has 0 fully saturated rings. The summed E-state index contributed by atoms with van der Waals surface area (Å²) in [5.74, 6) is -5.13. The van der Waals surface area contributed by atoms with E-state index in [1.165, 1.54) is 65.8 Å². The molecule has 2 aromatic carbocycles. The summed E-state index contributed by atoms with van der Waals surface area (Å²) in [7, 11) is -4.14. The predicted octanol–water partition coefficient (Wildman–Crippen LogP) is 5.70.